The number of hydrogen-bond donors (Lipinski definition) is 1. The number of rotatable bonds is 3. The number of halogens is 1. The fourth-order valence-electron chi connectivity index (χ4n) is 1.64. The summed E-state index contributed by atoms with van der Waals surface area (Å²) in [7, 11) is 0. The van der Waals surface area contributed by atoms with Crippen molar-refractivity contribution in [3.8, 4) is 17.1 Å². The number of aryl methyl sites for hydroxylation is 1. The smallest absolute Gasteiger partial charge is 0.287 e. The van der Waals surface area contributed by atoms with E-state index >= 15 is 0 Å². The molecule has 0 amide bonds. The van der Waals surface area contributed by atoms with Gasteiger partial charge in [0, 0.05) is 0 Å². The lowest BCUT2D eigenvalue weighted by molar-refractivity contribution is 0.341. The quantitative estimate of drug-likeness (QED) is 0.906. The minimum atomic E-state index is -0.854. The van der Waals surface area contributed by atoms with Crippen LogP contribution >= 0.6 is 0 Å². The Balaban J connectivity index is 2.59. The van der Waals surface area contributed by atoms with E-state index in [9.17, 15) is 9.18 Å². The molecule has 0 saturated carbocycles. The molecule has 0 bridgehead atoms. The van der Waals surface area contributed by atoms with Gasteiger partial charge in [0.1, 0.15) is 11.6 Å². The van der Waals surface area contributed by atoms with Gasteiger partial charge < -0.3 is 9.72 Å². The third-order valence-electron chi connectivity index (χ3n) is 2.47. The summed E-state index contributed by atoms with van der Waals surface area (Å²) in [5.41, 5.74) is -0.0663. The van der Waals surface area contributed by atoms with Gasteiger partial charge in [0.25, 0.3) is 5.56 Å². The number of para-hydroxylation sites is 1. The van der Waals surface area contributed by atoms with Gasteiger partial charge in [-0.15, -0.1) is 0 Å². The van der Waals surface area contributed by atoms with Crippen molar-refractivity contribution in [2.75, 3.05) is 6.61 Å². The lowest BCUT2D eigenvalue weighted by Gasteiger charge is -2.09. The molecule has 0 aliphatic carbocycles. The van der Waals surface area contributed by atoms with Crippen molar-refractivity contribution in [2.45, 2.75) is 13.8 Å². The van der Waals surface area contributed by atoms with Crippen LogP contribution in [0.2, 0.25) is 0 Å². The Morgan fingerprint density at radius 2 is 2.11 bits per heavy atom. The summed E-state index contributed by atoms with van der Waals surface area (Å²) in [5.74, 6) is 0.0600. The van der Waals surface area contributed by atoms with E-state index < -0.39 is 11.4 Å². The summed E-state index contributed by atoms with van der Waals surface area (Å²) in [5, 5.41) is 0. The molecule has 5 heteroatoms. The summed E-state index contributed by atoms with van der Waals surface area (Å²) < 4.78 is 18.7. The number of nitrogens with zero attached hydrogens (tertiary/aromatic N) is 1. The molecule has 0 radical (unpaired) electrons. The predicted octanol–water partition coefficient (Wildman–Crippen LogP) is 2.28. The van der Waals surface area contributed by atoms with Gasteiger partial charge in [-0.05, 0) is 26.0 Å². The van der Waals surface area contributed by atoms with E-state index in [-0.39, 0.29) is 5.69 Å². The number of H-pyrrole nitrogens is 1. The Morgan fingerprint density at radius 1 is 1.39 bits per heavy atom. The first-order chi connectivity index (χ1) is 8.63. The maximum atomic E-state index is 13.2. The number of benzene rings is 1. The number of ether oxygens (including phenoxy) is 1. The maximum Gasteiger partial charge on any atom is 0.287 e. The van der Waals surface area contributed by atoms with Gasteiger partial charge in [0.2, 0.25) is 5.82 Å². The Kier molecular flexibility index (Phi) is 3.41. The summed E-state index contributed by atoms with van der Waals surface area (Å²) in [6, 6.07) is 7.16. The summed E-state index contributed by atoms with van der Waals surface area (Å²) in [6.45, 7) is 3.82. The molecular formula is C13H13FN2O2. The van der Waals surface area contributed by atoms with Crippen molar-refractivity contribution in [3.63, 3.8) is 0 Å². The van der Waals surface area contributed by atoms with Crippen LogP contribution in [0.3, 0.4) is 0 Å². The molecule has 0 aliphatic heterocycles. The molecule has 2 aromatic rings. The Bertz CT molecular complexity index is 623. The van der Waals surface area contributed by atoms with Gasteiger partial charge in [-0.2, -0.15) is 4.39 Å². The largest absolute Gasteiger partial charge is 0.493 e. The molecule has 0 atom stereocenters. The Hall–Kier alpha value is -2.17. The third-order valence-corrected chi connectivity index (χ3v) is 2.47. The second-order valence-electron chi connectivity index (χ2n) is 3.74. The van der Waals surface area contributed by atoms with Crippen LogP contribution in [0.4, 0.5) is 4.39 Å². The fourth-order valence-corrected chi connectivity index (χ4v) is 1.64. The zero-order valence-electron chi connectivity index (χ0n) is 10.2. The molecule has 0 saturated heterocycles. The zero-order valence-corrected chi connectivity index (χ0v) is 10.2. The molecule has 0 aliphatic rings. The van der Waals surface area contributed by atoms with E-state index in [1.165, 1.54) is 6.92 Å². The highest BCUT2D eigenvalue weighted by molar-refractivity contribution is 5.63. The molecule has 0 fully saturated rings. The first kappa shape index (κ1) is 12.3. The lowest BCUT2D eigenvalue weighted by atomic mass is 10.2. The van der Waals surface area contributed by atoms with Crippen molar-refractivity contribution in [1.82, 2.24) is 9.97 Å². The molecule has 1 aromatic heterocycles. The van der Waals surface area contributed by atoms with Crippen LogP contribution in [0.15, 0.2) is 29.1 Å². The van der Waals surface area contributed by atoms with E-state index in [2.05, 4.69) is 9.97 Å². The molecule has 4 nitrogen and oxygen atoms in total. The maximum absolute atomic E-state index is 13.2. The van der Waals surface area contributed by atoms with Crippen molar-refractivity contribution < 1.29 is 9.13 Å². The van der Waals surface area contributed by atoms with Gasteiger partial charge >= 0.3 is 0 Å². The van der Waals surface area contributed by atoms with Crippen LogP contribution in [0.25, 0.3) is 11.4 Å². The second kappa shape index (κ2) is 5.00. The van der Waals surface area contributed by atoms with Crippen molar-refractivity contribution in [3.05, 3.63) is 46.1 Å². The first-order valence-electron chi connectivity index (χ1n) is 5.62. The van der Waals surface area contributed by atoms with E-state index in [4.69, 9.17) is 4.74 Å². The molecule has 18 heavy (non-hydrogen) atoms. The number of nitrogens with one attached hydrogen (secondary N) is 1. The first-order valence-corrected chi connectivity index (χ1v) is 5.62. The zero-order chi connectivity index (χ0) is 13.1. The molecule has 0 unspecified atom stereocenters. The van der Waals surface area contributed by atoms with Gasteiger partial charge in [-0.3, -0.25) is 4.79 Å². The summed E-state index contributed by atoms with van der Waals surface area (Å²) >= 11 is 0. The van der Waals surface area contributed by atoms with Gasteiger partial charge in [0.15, 0.2) is 0 Å². The molecule has 1 heterocycles. The molecule has 1 aromatic carbocycles. The fraction of sp³-hybridized carbons (Fsp3) is 0.231. The topological polar surface area (TPSA) is 55.0 Å². The van der Waals surface area contributed by atoms with Crippen LogP contribution < -0.4 is 10.3 Å². The molecule has 2 rings (SSSR count). The highest BCUT2D eigenvalue weighted by Crippen LogP contribution is 2.26. The van der Waals surface area contributed by atoms with Crippen LogP contribution in [0.5, 0.6) is 5.75 Å². The van der Waals surface area contributed by atoms with Crippen LogP contribution in [0.1, 0.15) is 12.6 Å². The average molecular weight is 248 g/mol. The minimum absolute atomic E-state index is 0.0695. The van der Waals surface area contributed by atoms with Crippen LogP contribution in [-0.4, -0.2) is 16.6 Å². The lowest BCUT2D eigenvalue weighted by Crippen LogP contribution is -2.15. The van der Waals surface area contributed by atoms with E-state index in [0.717, 1.165) is 0 Å². The van der Waals surface area contributed by atoms with Crippen LogP contribution in [0, 0.1) is 12.7 Å². The minimum Gasteiger partial charge on any atom is -0.493 e. The van der Waals surface area contributed by atoms with Crippen LogP contribution in [-0.2, 0) is 0 Å². The molecular weight excluding hydrogens is 235 g/mol. The van der Waals surface area contributed by atoms with Gasteiger partial charge in [-0.25, -0.2) is 4.98 Å². The highest BCUT2D eigenvalue weighted by Gasteiger charge is 2.12. The number of aromatic amines is 1. The number of aromatic nitrogens is 2. The third kappa shape index (κ3) is 2.25. The Labute approximate surface area is 103 Å². The Morgan fingerprint density at radius 3 is 2.78 bits per heavy atom. The van der Waals surface area contributed by atoms with E-state index in [1.54, 1.807) is 18.2 Å². The highest BCUT2D eigenvalue weighted by atomic mass is 19.1. The van der Waals surface area contributed by atoms with Crippen molar-refractivity contribution in [1.29, 1.82) is 0 Å². The molecule has 94 valence electrons. The van der Waals surface area contributed by atoms with E-state index in [1.807, 2.05) is 13.0 Å². The van der Waals surface area contributed by atoms with E-state index in [0.29, 0.717) is 23.7 Å². The van der Waals surface area contributed by atoms with Gasteiger partial charge in [0.05, 0.1) is 17.9 Å². The standard InChI is InChI=1S/C13H13FN2O2/c1-3-18-10-7-5-4-6-9(10)12-15-8(2)11(14)13(17)16-12/h4-7H,3H2,1-2H3,(H,15,16,17). The second-order valence-corrected chi connectivity index (χ2v) is 3.74. The summed E-state index contributed by atoms with van der Waals surface area (Å²) in [4.78, 5) is 17.8. The molecule has 0 spiro atoms. The SMILES string of the molecule is CCOc1ccccc1-c1nc(C)c(F)c(=O)[nH]1. The monoisotopic (exact) mass is 248 g/mol. The molecule has 1 N–H and O–H groups in total. The van der Waals surface area contributed by atoms with Crippen molar-refractivity contribution in [2.24, 2.45) is 0 Å². The van der Waals surface area contributed by atoms with Gasteiger partial charge in [-0.1, -0.05) is 12.1 Å². The normalized spacial score (nSPS) is 10.4. The van der Waals surface area contributed by atoms with Crippen molar-refractivity contribution >= 4 is 0 Å². The average Bonchev–Trinajstić information content (AvgIpc) is 2.36. The summed E-state index contributed by atoms with van der Waals surface area (Å²) in [6.07, 6.45) is 0. The number of hydrogen-bond acceptors (Lipinski definition) is 3. The predicted molar refractivity (Wildman–Crippen MR) is 66.2 cm³/mol.